The first-order valence-electron chi connectivity index (χ1n) is 11.7. The Bertz CT molecular complexity index is 1360. The number of nitrogens with one attached hydrogen (secondary N) is 2. The van der Waals surface area contributed by atoms with E-state index in [-0.39, 0.29) is 11.3 Å². The zero-order valence-electron chi connectivity index (χ0n) is 20.5. The molecule has 1 aliphatic rings. The quantitative estimate of drug-likeness (QED) is 0.307. The first kappa shape index (κ1) is 26.5. The van der Waals surface area contributed by atoms with Crippen LogP contribution in [0.5, 0.6) is 0 Å². The molecule has 0 bridgehead atoms. The minimum atomic E-state index is -4.55. The molecule has 1 atom stereocenters. The first-order valence-corrected chi connectivity index (χ1v) is 12.1. The summed E-state index contributed by atoms with van der Waals surface area (Å²) < 4.78 is 41.9. The van der Waals surface area contributed by atoms with Gasteiger partial charge in [-0.3, -0.25) is 4.79 Å². The van der Waals surface area contributed by atoms with Crippen molar-refractivity contribution < 1.29 is 27.9 Å². The summed E-state index contributed by atoms with van der Waals surface area (Å²) in [6.07, 6.45) is -3.77. The molecule has 0 aromatic heterocycles. The molecule has 0 radical (unpaired) electrons. The number of carbonyl (C=O) groups excluding carboxylic acids is 1. The summed E-state index contributed by atoms with van der Waals surface area (Å²) in [5.74, 6) is -1.51. The third-order valence-corrected chi connectivity index (χ3v) is 7.05. The number of halogens is 4. The van der Waals surface area contributed by atoms with Crippen molar-refractivity contribution in [3.8, 4) is 11.1 Å². The van der Waals surface area contributed by atoms with E-state index in [2.05, 4.69) is 10.6 Å². The Labute approximate surface area is 217 Å². The summed E-state index contributed by atoms with van der Waals surface area (Å²) in [6, 6.07) is 12.5. The second-order valence-electron chi connectivity index (χ2n) is 9.53. The van der Waals surface area contributed by atoms with Gasteiger partial charge in [-0.25, -0.2) is 4.79 Å². The van der Waals surface area contributed by atoms with E-state index >= 15 is 0 Å². The Morgan fingerprint density at radius 1 is 0.946 bits per heavy atom. The Balaban J connectivity index is 1.62. The Hall–Kier alpha value is -3.52. The van der Waals surface area contributed by atoms with Gasteiger partial charge in [-0.05, 0) is 85.2 Å². The highest BCUT2D eigenvalue weighted by Gasteiger charge is 2.51. The van der Waals surface area contributed by atoms with Crippen LogP contribution in [0.3, 0.4) is 0 Å². The van der Waals surface area contributed by atoms with E-state index < -0.39 is 29.6 Å². The largest absolute Gasteiger partial charge is 0.480 e. The van der Waals surface area contributed by atoms with Crippen LogP contribution in [-0.4, -0.2) is 28.7 Å². The third-order valence-electron chi connectivity index (χ3n) is 6.62. The minimum absolute atomic E-state index is 0.0525. The molecule has 1 fully saturated rings. The maximum absolute atomic E-state index is 14.0. The second kappa shape index (κ2) is 9.74. The number of rotatable bonds is 7. The van der Waals surface area contributed by atoms with Gasteiger partial charge in [0.2, 0.25) is 0 Å². The smallest absolute Gasteiger partial charge is 0.412 e. The highest BCUT2D eigenvalue weighted by molar-refractivity contribution is 6.31. The summed E-state index contributed by atoms with van der Waals surface area (Å²) >= 11 is 6.00. The molecule has 1 saturated carbocycles. The zero-order valence-corrected chi connectivity index (χ0v) is 21.2. The van der Waals surface area contributed by atoms with E-state index in [1.54, 1.807) is 57.2 Å². The lowest BCUT2D eigenvalue weighted by Gasteiger charge is -2.24. The van der Waals surface area contributed by atoms with Crippen molar-refractivity contribution in [1.82, 2.24) is 5.32 Å². The minimum Gasteiger partial charge on any atom is -0.480 e. The molecule has 3 aromatic rings. The number of carboxylic acid groups (broad SMARTS) is 1. The molecule has 9 heteroatoms. The second-order valence-corrected chi connectivity index (χ2v) is 9.94. The van der Waals surface area contributed by atoms with Crippen LogP contribution in [0.25, 0.3) is 11.1 Å². The normalized spacial score (nSPS) is 15.1. The van der Waals surface area contributed by atoms with Gasteiger partial charge in [0, 0.05) is 16.3 Å². The third kappa shape index (κ3) is 5.59. The van der Waals surface area contributed by atoms with Crippen LogP contribution in [0, 0.1) is 20.8 Å². The maximum atomic E-state index is 14.0. The number of anilines is 1. The predicted molar refractivity (Wildman–Crippen MR) is 137 cm³/mol. The summed E-state index contributed by atoms with van der Waals surface area (Å²) in [5, 5.41) is 15.0. The molecule has 5 nitrogen and oxygen atoms in total. The van der Waals surface area contributed by atoms with Crippen LogP contribution in [0.15, 0.2) is 54.6 Å². The van der Waals surface area contributed by atoms with Crippen molar-refractivity contribution in [1.29, 1.82) is 0 Å². The SMILES string of the molecule is Cc1cc([C@H](Nc2cccc(-c3cc(C)c(C(=O)NC4(C(=O)O)CC4)c(C)c3)c2)C(F)(F)F)ccc1Cl. The van der Waals surface area contributed by atoms with Crippen LogP contribution in [0.2, 0.25) is 5.02 Å². The van der Waals surface area contributed by atoms with Crippen molar-refractivity contribution in [3.63, 3.8) is 0 Å². The van der Waals surface area contributed by atoms with Gasteiger partial charge in [0.15, 0.2) is 0 Å². The Morgan fingerprint density at radius 2 is 1.59 bits per heavy atom. The highest BCUT2D eigenvalue weighted by Crippen LogP contribution is 2.38. The fraction of sp³-hybridized carbons (Fsp3) is 0.286. The number of carboxylic acids is 1. The van der Waals surface area contributed by atoms with E-state index in [9.17, 15) is 27.9 Å². The average molecular weight is 531 g/mol. The molecular weight excluding hydrogens is 505 g/mol. The van der Waals surface area contributed by atoms with Crippen LogP contribution in [0.4, 0.5) is 18.9 Å². The number of carbonyl (C=O) groups is 2. The van der Waals surface area contributed by atoms with Crippen LogP contribution in [-0.2, 0) is 4.79 Å². The predicted octanol–water partition coefficient (Wildman–Crippen LogP) is 6.99. The molecule has 37 heavy (non-hydrogen) atoms. The fourth-order valence-electron chi connectivity index (χ4n) is 4.44. The average Bonchev–Trinajstić information content (AvgIpc) is 3.59. The van der Waals surface area contributed by atoms with Crippen LogP contribution >= 0.6 is 11.6 Å². The monoisotopic (exact) mass is 530 g/mol. The maximum Gasteiger partial charge on any atom is 0.412 e. The number of hydrogen-bond donors (Lipinski definition) is 3. The number of amides is 1. The highest BCUT2D eigenvalue weighted by atomic mass is 35.5. The van der Waals surface area contributed by atoms with Gasteiger partial charge in [0.25, 0.3) is 5.91 Å². The molecule has 3 aromatic carbocycles. The number of benzene rings is 3. The van der Waals surface area contributed by atoms with E-state index in [4.69, 9.17) is 11.6 Å². The zero-order chi connectivity index (χ0) is 27.1. The number of hydrogen-bond acceptors (Lipinski definition) is 3. The molecule has 4 rings (SSSR count). The molecule has 194 valence electrons. The van der Waals surface area contributed by atoms with Crippen LogP contribution < -0.4 is 10.6 Å². The topological polar surface area (TPSA) is 78.4 Å². The van der Waals surface area contributed by atoms with Gasteiger partial charge in [0.1, 0.15) is 11.6 Å². The van der Waals surface area contributed by atoms with Gasteiger partial charge in [-0.15, -0.1) is 0 Å². The standard InChI is InChI=1S/C28H26ClF3N2O3/c1-15-11-19(7-8-22(15)29)24(28(30,31)32)33-21-6-4-5-18(14-21)20-12-16(2)23(17(3)13-20)25(35)34-27(9-10-27)26(36)37/h4-8,11-14,24,33H,9-10H2,1-3H3,(H,34,35)(H,36,37)/t24-/m0/s1. The number of aliphatic carboxylic acids is 1. The van der Waals surface area contributed by atoms with Gasteiger partial charge in [-0.1, -0.05) is 48.0 Å². The van der Waals surface area contributed by atoms with Gasteiger partial charge >= 0.3 is 12.1 Å². The first-order chi connectivity index (χ1) is 17.3. The molecule has 1 aliphatic carbocycles. The van der Waals surface area contributed by atoms with Gasteiger partial charge in [0.05, 0.1) is 0 Å². The lowest BCUT2D eigenvalue weighted by atomic mass is 9.94. The molecule has 1 amide bonds. The van der Waals surface area contributed by atoms with Crippen molar-refractivity contribution in [2.75, 3.05) is 5.32 Å². The molecule has 0 heterocycles. The van der Waals surface area contributed by atoms with Crippen LogP contribution in [0.1, 0.15) is 51.5 Å². The number of alkyl halides is 3. The van der Waals surface area contributed by atoms with Gasteiger partial charge in [-0.2, -0.15) is 13.2 Å². The van der Waals surface area contributed by atoms with E-state index in [1.807, 2.05) is 0 Å². The molecule has 0 saturated heterocycles. The van der Waals surface area contributed by atoms with Crippen molar-refractivity contribution >= 4 is 29.2 Å². The molecule has 0 spiro atoms. The fourth-order valence-corrected chi connectivity index (χ4v) is 4.56. The van der Waals surface area contributed by atoms with Gasteiger partial charge < -0.3 is 15.7 Å². The Morgan fingerprint density at radius 3 is 2.14 bits per heavy atom. The summed E-state index contributed by atoms with van der Waals surface area (Å²) in [6.45, 7) is 5.15. The van der Waals surface area contributed by atoms with Crippen molar-refractivity contribution in [3.05, 3.63) is 87.4 Å². The van der Waals surface area contributed by atoms with Crippen molar-refractivity contribution in [2.24, 2.45) is 0 Å². The molecule has 0 unspecified atom stereocenters. The Kier molecular flexibility index (Phi) is 6.99. The van der Waals surface area contributed by atoms with Crippen molar-refractivity contribution in [2.45, 2.75) is 51.4 Å². The summed E-state index contributed by atoms with van der Waals surface area (Å²) in [5.41, 5.74) is 2.73. The van der Waals surface area contributed by atoms with E-state index in [1.165, 1.54) is 18.2 Å². The number of aryl methyl sites for hydroxylation is 3. The molecule has 3 N–H and O–H groups in total. The van der Waals surface area contributed by atoms with E-state index in [0.29, 0.717) is 45.7 Å². The lowest BCUT2D eigenvalue weighted by Crippen LogP contribution is -2.43. The summed E-state index contributed by atoms with van der Waals surface area (Å²) in [4.78, 5) is 24.3. The molecular formula is C28H26ClF3N2O3. The summed E-state index contributed by atoms with van der Waals surface area (Å²) in [7, 11) is 0. The van der Waals surface area contributed by atoms with E-state index in [0.717, 1.165) is 5.56 Å². The molecule has 0 aliphatic heterocycles. The lowest BCUT2D eigenvalue weighted by molar-refractivity contribution is -0.144.